The number of rotatable bonds is 5. The van der Waals surface area contributed by atoms with E-state index in [4.69, 9.17) is 15.6 Å². The molecule has 0 spiro atoms. The first-order valence-electron chi connectivity index (χ1n) is 5.72. The molecule has 5 heteroatoms. The smallest absolute Gasteiger partial charge is 0.312 e. The number of benzene rings is 1. The van der Waals surface area contributed by atoms with Crippen LogP contribution in [0.4, 0.5) is 0 Å². The molecule has 0 saturated carbocycles. The maximum Gasteiger partial charge on any atom is 0.312 e. The highest BCUT2D eigenvalue weighted by Crippen LogP contribution is 2.36. The molecule has 0 bridgehead atoms. The van der Waals surface area contributed by atoms with Crippen molar-refractivity contribution in [1.82, 2.24) is 0 Å². The molecule has 4 nitrogen and oxygen atoms in total. The lowest BCUT2D eigenvalue weighted by Gasteiger charge is -2.18. The number of carboxylic acids is 1. The first-order valence-corrected chi connectivity index (χ1v) is 6.51. The van der Waals surface area contributed by atoms with Gasteiger partial charge in [-0.3, -0.25) is 4.79 Å². The van der Waals surface area contributed by atoms with Gasteiger partial charge in [-0.25, -0.2) is 0 Å². The minimum absolute atomic E-state index is 0.0750. The van der Waals surface area contributed by atoms with E-state index < -0.39 is 11.9 Å². The fourth-order valence-corrected chi connectivity index (χ4v) is 2.52. The van der Waals surface area contributed by atoms with Crippen LogP contribution in [-0.2, 0) is 4.79 Å². The molecule has 0 radical (unpaired) electrons. The zero-order valence-corrected chi connectivity index (χ0v) is 12.3. The Balaban J connectivity index is 3.36. The lowest BCUT2D eigenvalue weighted by Crippen LogP contribution is -2.21. The number of ether oxygens (including phenoxy) is 1. The molecule has 0 aliphatic heterocycles. The topological polar surface area (TPSA) is 72.5 Å². The summed E-state index contributed by atoms with van der Waals surface area (Å²) in [7, 11) is 1.60. The van der Waals surface area contributed by atoms with Gasteiger partial charge in [0.05, 0.1) is 17.5 Å². The Morgan fingerprint density at radius 1 is 1.50 bits per heavy atom. The van der Waals surface area contributed by atoms with E-state index in [1.165, 1.54) is 0 Å². The molecule has 0 amide bonds. The molecule has 1 rings (SSSR count). The van der Waals surface area contributed by atoms with Gasteiger partial charge in [-0.2, -0.15) is 0 Å². The Morgan fingerprint density at radius 3 is 2.50 bits per heavy atom. The molecule has 0 aliphatic carbocycles. The molecule has 0 saturated heterocycles. The van der Waals surface area contributed by atoms with Crippen LogP contribution < -0.4 is 10.5 Å². The van der Waals surface area contributed by atoms with Gasteiger partial charge in [-0.1, -0.05) is 19.9 Å². The van der Waals surface area contributed by atoms with Crippen LogP contribution >= 0.6 is 15.9 Å². The van der Waals surface area contributed by atoms with Crippen molar-refractivity contribution < 1.29 is 14.6 Å². The van der Waals surface area contributed by atoms with E-state index in [0.29, 0.717) is 5.56 Å². The molecular formula is C13H18BrNO3. The molecule has 0 fully saturated rings. The maximum absolute atomic E-state index is 11.2. The van der Waals surface area contributed by atoms with E-state index in [1.807, 2.05) is 19.9 Å². The van der Waals surface area contributed by atoms with Crippen molar-refractivity contribution in [2.45, 2.75) is 25.7 Å². The van der Waals surface area contributed by atoms with Gasteiger partial charge in [-0.15, -0.1) is 0 Å². The molecule has 1 atom stereocenters. The van der Waals surface area contributed by atoms with E-state index in [9.17, 15) is 4.79 Å². The highest BCUT2D eigenvalue weighted by Gasteiger charge is 2.22. The van der Waals surface area contributed by atoms with Gasteiger partial charge in [-0.05, 0) is 39.0 Å². The van der Waals surface area contributed by atoms with Crippen LogP contribution in [0.15, 0.2) is 16.6 Å². The minimum atomic E-state index is -0.913. The molecule has 0 aliphatic rings. The van der Waals surface area contributed by atoms with E-state index in [0.717, 1.165) is 15.8 Å². The Morgan fingerprint density at radius 2 is 2.11 bits per heavy atom. The van der Waals surface area contributed by atoms with Crippen LogP contribution in [-0.4, -0.2) is 24.7 Å². The third-order valence-electron chi connectivity index (χ3n) is 2.86. The van der Waals surface area contributed by atoms with Crippen LogP contribution in [0.2, 0.25) is 0 Å². The van der Waals surface area contributed by atoms with Crippen molar-refractivity contribution >= 4 is 21.9 Å². The fourth-order valence-electron chi connectivity index (χ4n) is 1.86. The average molecular weight is 316 g/mol. The van der Waals surface area contributed by atoms with Gasteiger partial charge >= 0.3 is 5.97 Å². The lowest BCUT2D eigenvalue weighted by atomic mass is 9.93. The standard InChI is InChI=1S/C13H18BrNO3/c1-7(2)9-4-8(10(6-15)13(16)17)5-11(14)12(9)18-3/h4-5,7,10H,6,15H2,1-3H3,(H,16,17). The van der Waals surface area contributed by atoms with Crippen molar-refractivity contribution in [1.29, 1.82) is 0 Å². The lowest BCUT2D eigenvalue weighted by molar-refractivity contribution is -0.138. The van der Waals surface area contributed by atoms with E-state index in [1.54, 1.807) is 13.2 Å². The van der Waals surface area contributed by atoms with Gasteiger partial charge in [0.15, 0.2) is 0 Å². The van der Waals surface area contributed by atoms with Crippen molar-refractivity contribution in [2.75, 3.05) is 13.7 Å². The molecular weight excluding hydrogens is 298 g/mol. The summed E-state index contributed by atoms with van der Waals surface area (Å²) in [4.78, 5) is 11.2. The molecule has 1 unspecified atom stereocenters. The number of hydrogen-bond acceptors (Lipinski definition) is 3. The van der Waals surface area contributed by atoms with Crippen LogP contribution in [0.3, 0.4) is 0 Å². The Bertz CT molecular complexity index is 446. The first-order chi connectivity index (χ1) is 8.42. The summed E-state index contributed by atoms with van der Waals surface area (Å²) in [5.74, 6) is -0.618. The number of nitrogens with two attached hydrogens (primary N) is 1. The molecule has 0 heterocycles. The summed E-state index contributed by atoms with van der Waals surface area (Å²) in [6.45, 7) is 4.14. The van der Waals surface area contributed by atoms with Gasteiger partial charge in [0, 0.05) is 6.54 Å². The Labute approximate surface area is 115 Å². The maximum atomic E-state index is 11.2. The molecule has 1 aromatic rings. The van der Waals surface area contributed by atoms with E-state index >= 15 is 0 Å². The summed E-state index contributed by atoms with van der Waals surface area (Å²) in [5.41, 5.74) is 7.19. The molecule has 0 aromatic heterocycles. The molecule has 18 heavy (non-hydrogen) atoms. The SMILES string of the molecule is COc1c(Br)cc(C(CN)C(=O)O)cc1C(C)C. The van der Waals surface area contributed by atoms with E-state index in [-0.39, 0.29) is 12.5 Å². The molecule has 1 aromatic carbocycles. The van der Waals surface area contributed by atoms with Crippen molar-refractivity contribution in [3.8, 4) is 5.75 Å². The number of methoxy groups -OCH3 is 1. The quantitative estimate of drug-likeness (QED) is 0.876. The van der Waals surface area contributed by atoms with E-state index in [2.05, 4.69) is 15.9 Å². The van der Waals surface area contributed by atoms with Crippen molar-refractivity contribution in [3.63, 3.8) is 0 Å². The minimum Gasteiger partial charge on any atom is -0.495 e. The van der Waals surface area contributed by atoms with Gasteiger partial charge < -0.3 is 15.6 Å². The summed E-state index contributed by atoms with van der Waals surface area (Å²) >= 11 is 3.41. The summed E-state index contributed by atoms with van der Waals surface area (Å²) in [5, 5.41) is 9.15. The Hall–Kier alpha value is -1.07. The first kappa shape index (κ1) is 15.0. The zero-order chi connectivity index (χ0) is 13.9. The fraction of sp³-hybridized carbons (Fsp3) is 0.462. The number of carbonyl (C=O) groups is 1. The second-order valence-corrected chi connectivity index (χ2v) is 5.26. The van der Waals surface area contributed by atoms with Crippen LogP contribution in [0, 0.1) is 0 Å². The monoisotopic (exact) mass is 315 g/mol. The predicted molar refractivity (Wildman–Crippen MR) is 74.2 cm³/mol. The highest BCUT2D eigenvalue weighted by molar-refractivity contribution is 9.10. The molecule has 100 valence electrons. The summed E-state index contributed by atoms with van der Waals surface area (Å²) in [6.07, 6.45) is 0. The predicted octanol–water partition coefficient (Wildman–Crippen LogP) is 2.71. The Kier molecular flexibility index (Phi) is 5.16. The third kappa shape index (κ3) is 3.03. The summed E-state index contributed by atoms with van der Waals surface area (Å²) in [6, 6.07) is 3.62. The largest absolute Gasteiger partial charge is 0.495 e. The van der Waals surface area contributed by atoms with Gasteiger partial charge in [0.1, 0.15) is 5.75 Å². The van der Waals surface area contributed by atoms with Crippen LogP contribution in [0.1, 0.15) is 36.8 Å². The normalized spacial score (nSPS) is 12.6. The van der Waals surface area contributed by atoms with Gasteiger partial charge in [0.25, 0.3) is 0 Å². The number of halogens is 1. The van der Waals surface area contributed by atoms with Crippen molar-refractivity contribution in [2.24, 2.45) is 5.73 Å². The third-order valence-corrected chi connectivity index (χ3v) is 3.45. The molecule has 3 N–H and O–H groups in total. The summed E-state index contributed by atoms with van der Waals surface area (Å²) < 4.78 is 6.10. The zero-order valence-electron chi connectivity index (χ0n) is 10.7. The number of hydrogen-bond donors (Lipinski definition) is 2. The van der Waals surface area contributed by atoms with Crippen LogP contribution in [0.25, 0.3) is 0 Å². The number of aliphatic carboxylic acids is 1. The second-order valence-electron chi connectivity index (χ2n) is 4.41. The highest BCUT2D eigenvalue weighted by atomic mass is 79.9. The van der Waals surface area contributed by atoms with Crippen LogP contribution in [0.5, 0.6) is 5.75 Å². The van der Waals surface area contributed by atoms with Crippen molar-refractivity contribution in [3.05, 3.63) is 27.7 Å². The number of carboxylic acid groups (broad SMARTS) is 1. The average Bonchev–Trinajstić information content (AvgIpc) is 2.28. The van der Waals surface area contributed by atoms with Gasteiger partial charge in [0.2, 0.25) is 0 Å². The second kappa shape index (κ2) is 6.20.